The summed E-state index contributed by atoms with van der Waals surface area (Å²) in [4.78, 5) is 0. The van der Waals surface area contributed by atoms with Crippen LogP contribution < -0.4 is 0 Å². The summed E-state index contributed by atoms with van der Waals surface area (Å²) >= 11 is 0. The lowest BCUT2D eigenvalue weighted by atomic mass is 9.85. The van der Waals surface area contributed by atoms with Crippen LogP contribution >= 0.6 is 0 Å². The maximum atomic E-state index is 5.43. The molecule has 0 aromatic heterocycles. The second-order valence-corrected chi connectivity index (χ2v) is 4.15. The van der Waals surface area contributed by atoms with Crippen LogP contribution in [0.3, 0.4) is 0 Å². The molecule has 1 nitrogen and oxygen atoms in total. The zero-order valence-corrected chi connectivity index (χ0v) is 6.73. The summed E-state index contributed by atoms with van der Waals surface area (Å²) in [5, 5.41) is 0. The van der Waals surface area contributed by atoms with Gasteiger partial charge in [-0.25, -0.2) is 0 Å². The molecular formula is C9H16O. The Bertz CT molecular complexity index is 125. The van der Waals surface area contributed by atoms with Gasteiger partial charge in [-0.1, -0.05) is 13.3 Å². The van der Waals surface area contributed by atoms with Crippen LogP contribution in [0, 0.1) is 11.3 Å². The number of rotatable bonds is 0. The Labute approximate surface area is 62.8 Å². The van der Waals surface area contributed by atoms with Gasteiger partial charge in [0.1, 0.15) is 0 Å². The molecule has 1 heteroatoms. The summed E-state index contributed by atoms with van der Waals surface area (Å²) in [6.07, 6.45) is 5.61. The fourth-order valence-corrected chi connectivity index (χ4v) is 2.50. The molecule has 1 aliphatic heterocycles. The van der Waals surface area contributed by atoms with Gasteiger partial charge in [-0.3, -0.25) is 0 Å². The first-order valence-electron chi connectivity index (χ1n) is 4.39. The Balaban J connectivity index is 2.03. The highest BCUT2D eigenvalue weighted by Crippen LogP contribution is 2.46. The second kappa shape index (κ2) is 2.23. The smallest absolute Gasteiger partial charge is 0.0523 e. The monoisotopic (exact) mass is 140 g/mol. The van der Waals surface area contributed by atoms with E-state index in [1.807, 2.05) is 0 Å². The van der Waals surface area contributed by atoms with Gasteiger partial charge in [0.25, 0.3) is 0 Å². The van der Waals surface area contributed by atoms with Crippen LogP contribution in [0.2, 0.25) is 0 Å². The van der Waals surface area contributed by atoms with Crippen molar-refractivity contribution in [2.75, 3.05) is 13.2 Å². The van der Waals surface area contributed by atoms with Crippen molar-refractivity contribution in [2.45, 2.75) is 32.6 Å². The maximum Gasteiger partial charge on any atom is 0.0523 e. The second-order valence-electron chi connectivity index (χ2n) is 4.15. The van der Waals surface area contributed by atoms with Gasteiger partial charge in [0.05, 0.1) is 6.61 Å². The normalized spacial score (nSPS) is 47.1. The largest absolute Gasteiger partial charge is 0.381 e. The molecule has 58 valence electrons. The summed E-state index contributed by atoms with van der Waals surface area (Å²) in [6.45, 7) is 4.44. The van der Waals surface area contributed by atoms with Crippen molar-refractivity contribution in [2.24, 2.45) is 11.3 Å². The minimum Gasteiger partial charge on any atom is -0.381 e. The quantitative estimate of drug-likeness (QED) is 0.501. The van der Waals surface area contributed by atoms with Gasteiger partial charge < -0.3 is 4.74 Å². The summed E-state index contributed by atoms with van der Waals surface area (Å²) in [7, 11) is 0. The predicted molar refractivity (Wildman–Crippen MR) is 40.9 cm³/mol. The van der Waals surface area contributed by atoms with Gasteiger partial charge in [-0.2, -0.15) is 0 Å². The lowest BCUT2D eigenvalue weighted by Crippen LogP contribution is -2.15. The SMILES string of the molecule is CC1CCC2(CCOC2)C1. The third kappa shape index (κ3) is 0.968. The van der Waals surface area contributed by atoms with E-state index in [4.69, 9.17) is 4.74 Å². The van der Waals surface area contributed by atoms with Crippen molar-refractivity contribution in [3.63, 3.8) is 0 Å². The predicted octanol–water partition coefficient (Wildman–Crippen LogP) is 2.21. The van der Waals surface area contributed by atoms with E-state index in [1.165, 1.54) is 25.7 Å². The zero-order valence-electron chi connectivity index (χ0n) is 6.73. The highest BCUT2D eigenvalue weighted by molar-refractivity contribution is 4.90. The fraction of sp³-hybridized carbons (Fsp3) is 1.00. The van der Waals surface area contributed by atoms with E-state index in [-0.39, 0.29) is 0 Å². The summed E-state index contributed by atoms with van der Waals surface area (Å²) in [5.41, 5.74) is 0.638. The van der Waals surface area contributed by atoms with Crippen molar-refractivity contribution in [1.29, 1.82) is 0 Å². The molecule has 1 aliphatic carbocycles. The van der Waals surface area contributed by atoms with Gasteiger partial charge in [0.2, 0.25) is 0 Å². The van der Waals surface area contributed by atoms with Crippen LogP contribution in [-0.2, 0) is 4.74 Å². The maximum absolute atomic E-state index is 5.43. The Hall–Kier alpha value is -0.0400. The van der Waals surface area contributed by atoms with Crippen LogP contribution in [0.5, 0.6) is 0 Å². The minimum absolute atomic E-state index is 0.638. The topological polar surface area (TPSA) is 9.23 Å². The molecule has 2 fully saturated rings. The lowest BCUT2D eigenvalue weighted by Gasteiger charge is -2.19. The van der Waals surface area contributed by atoms with Crippen molar-refractivity contribution < 1.29 is 4.74 Å². The van der Waals surface area contributed by atoms with Crippen LogP contribution in [0.15, 0.2) is 0 Å². The highest BCUT2D eigenvalue weighted by Gasteiger charge is 2.40. The Morgan fingerprint density at radius 3 is 2.80 bits per heavy atom. The van der Waals surface area contributed by atoms with Crippen molar-refractivity contribution >= 4 is 0 Å². The molecule has 1 saturated carbocycles. The number of hydrogen-bond acceptors (Lipinski definition) is 1. The highest BCUT2D eigenvalue weighted by atomic mass is 16.5. The molecule has 1 saturated heterocycles. The van der Waals surface area contributed by atoms with E-state index >= 15 is 0 Å². The standard InChI is InChI=1S/C9H16O/c1-8-2-3-9(6-8)4-5-10-7-9/h8H,2-7H2,1H3. The average molecular weight is 140 g/mol. The molecule has 2 aliphatic rings. The summed E-state index contributed by atoms with van der Waals surface area (Å²) < 4.78 is 5.43. The average Bonchev–Trinajstić information content (AvgIpc) is 2.46. The van der Waals surface area contributed by atoms with Crippen LogP contribution in [0.4, 0.5) is 0 Å². The van der Waals surface area contributed by atoms with E-state index in [9.17, 15) is 0 Å². The first kappa shape index (κ1) is 6.66. The Morgan fingerprint density at radius 1 is 1.40 bits per heavy atom. The molecule has 10 heavy (non-hydrogen) atoms. The van der Waals surface area contributed by atoms with Crippen molar-refractivity contribution in [3.8, 4) is 0 Å². The van der Waals surface area contributed by atoms with Crippen molar-refractivity contribution in [3.05, 3.63) is 0 Å². The lowest BCUT2D eigenvalue weighted by molar-refractivity contribution is 0.152. The number of hydrogen-bond donors (Lipinski definition) is 0. The van der Waals surface area contributed by atoms with Gasteiger partial charge >= 0.3 is 0 Å². The molecule has 2 atom stereocenters. The number of ether oxygens (including phenoxy) is 1. The molecule has 0 bridgehead atoms. The fourth-order valence-electron chi connectivity index (χ4n) is 2.50. The van der Waals surface area contributed by atoms with Gasteiger partial charge in [0, 0.05) is 6.61 Å². The Morgan fingerprint density at radius 2 is 2.30 bits per heavy atom. The van der Waals surface area contributed by atoms with Gasteiger partial charge in [-0.15, -0.1) is 0 Å². The van der Waals surface area contributed by atoms with Gasteiger partial charge in [0.15, 0.2) is 0 Å². The van der Waals surface area contributed by atoms with Crippen LogP contribution in [0.1, 0.15) is 32.6 Å². The van der Waals surface area contributed by atoms with Crippen LogP contribution in [-0.4, -0.2) is 13.2 Å². The van der Waals surface area contributed by atoms with Gasteiger partial charge in [-0.05, 0) is 30.6 Å². The molecule has 0 amide bonds. The molecule has 0 N–H and O–H groups in total. The van der Waals surface area contributed by atoms with E-state index < -0.39 is 0 Å². The van der Waals surface area contributed by atoms with E-state index in [0.29, 0.717) is 5.41 Å². The van der Waals surface area contributed by atoms with Crippen molar-refractivity contribution in [1.82, 2.24) is 0 Å². The zero-order chi connectivity index (χ0) is 7.03. The van der Waals surface area contributed by atoms with E-state index in [0.717, 1.165) is 19.1 Å². The molecule has 2 rings (SSSR count). The van der Waals surface area contributed by atoms with E-state index in [2.05, 4.69) is 6.92 Å². The summed E-state index contributed by atoms with van der Waals surface area (Å²) in [6, 6.07) is 0. The first-order chi connectivity index (χ1) is 4.81. The first-order valence-corrected chi connectivity index (χ1v) is 4.39. The molecular weight excluding hydrogens is 124 g/mol. The molecule has 0 aromatic rings. The molecule has 0 radical (unpaired) electrons. The van der Waals surface area contributed by atoms with E-state index in [1.54, 1.807) is 0 Å². The minimum atomic E-state index is 0.638. The molecule has 1 heterocycles. The third-order valence-electron chi connectivity index (χ3n) is 3.13. The Kier molecular flexibility index (Phi) is 1.48. The molecule has 2 unspecified atom stereocenters. The molecule has 1 spiro atoms. The molecule has 0 aromatic carbocycles. The summed E-state index contributed by atoms with van der Waals surface area (Å²) in [5.74, 6) is 0.960. The van der Waals surface area contributed by atoms with Crippen LogP contribution in [0.25, 0.3) is 0 Å². The third-order valence-corrected chi connectivity index (χ3v) is 3.13.